The zero-order valence-corrected chi connectivity index (χ0v) is 20.7. The molecule has 1 saturated heterocycles. The molecule has 178 valence electrons. The second-order valence-electron chi connectivity index (χ2n) is 7.03. The van der Waals surface area contributed by atoms with Crippen LogP contribution in [0.5, 0.6) is 0 Å². The summed E-state index contributed by atoms with van der Waals surface area (Å²) < 4.78 is 11.1. The standard InChI is InChI=1S/C19H24Cl2N4O4S.CH4O/c1-10-14(9-26)30-19(23-10)25-5-4-12(13(8-25)29-7-6-28-3)24-18(27)17-16(21)15(20)11(2)22-17;1-2/h9,12-13,22H,4-8H2,1-3H3,(H,24,27);2H,1H3. The number of anilines is 1. The van der Waals surface area contributed by atoms with Crippen molar-refractivity contribution in [3.63, 3.8) is 0 Å². The molecule has 1 aliphatic heterocycles. The van der Waals surface area contributed by atoms with Crippen LogP contribution in [0.1, 0.15) is 38.0 Å². The molecule has 3 N–H and O–H groups in total. The molecule has 3 rings (SSSR count). The van der Waals surface area contributed by atoms with Crippen LogP contribution in [0, 0.1) is 13.8 Å². The van der Waals surface area contributed by atoms with Crippen LogP contribution >= 0.6 is 34.5 Å². The van der Waals surface area contributed by atoms with Crippen molar-refractivity contribution < 1.29 is 24.2 Å². The molecule has 2 atom stereocenters. The minimum Gasteiger partial charge on any atom is -0.400 e. The predicted octanol–water partition coefficient (Wildman–Crippen LogP) is 2.86. The number of thiazole rings is 1. The highest BCUT2D eigenvalue weighted by atomic mass is 35.5. The molecule has 32 heavy (non-hydrogen) atoms. The quantitative estimate of drug-likeness (QED) is 0.372. The number of aromatic nitrogens is 2. The Bertz CT molecular complexity index is 920. The third kappa shape index (κ3) is 6.21. The molecule has 1 fully saturated rings. The van der Waals surface area contributed by atoms with Crippen molar-refractivity contribution in [3.8, 4) is 0 Å². The number of carbonyl (C=O) groups excluding carboxylic acids is 2. The van der Waals surface area contributed by atoms with Gasteiger partial charge in [-0.1, -0.05) is 34.5 Å². The maximum absolute atomic E-state index is 12.8. The molecule has 0 bridgehead atoms. The number of carbonyl (C=O) groups is 2. The molecule has 2 aromatic rings. The Labute approximate surface area is 201 Å². The third-order valence-electron chi connectivity index (χ3n) is 4.97. The smallest absolute Gasteiger partial charge is 0.269 e. The molecule has 0 spiro atoms. The Morgan fingerprint density at radius 3 is 2.62 bits per heavy atom. The summed E-state index contributed by atoms with van der Waals surface area (Å²) in [6.45, 7) is 5.60. The van der Waals surface area contributed by atoms with Crippen molar-refractivity contribution in [2.24, 2.45) is 0 Å². The van der Waals surface area contributed by atoms with E-state index in [2.05, 4.69) is 20.2 Å². The molecular weight excluding hydrogens is 479 g/mol. The number of aliphatic hydroxyl groups excluding tert-OH is 1. The number of aryl methyl sites for hydroxylation is 2. The van der Waals surface area contributed by atoms with Crippen molar-refractivity contribution in [3.05, 3.63) is 32.0 Å². The van der Waals surface area contributed by atoms with E-state index in [0.717, 1.165) is 18.5 Å². The SMILES string of the molecule is CO.COCCOC1CN(c2nc(C)c(C=O)s2)CCC1NC(=O)c1[nH]c(C)c(Cl)c1Cl. The molecule has 0 saturated carbocycles. The average molecular weight is 507 g/mol. The molecular formula is C20H28Cl2N4O5S. The summed E-state index contributed by atoms with van der Waals surface area (Å²) in [5.74, 6) is -0.331. The van der Waals surface area contributed by atoms with Crippen LogP contribution in [-0.4, -0.2) is 79.9 Å². The molecule has 0 aliphatic carbocycles. The van der Waals surface area contributed by atoms with Gasteiger partial charge in [-0.15, -0.1) is 0 Å². The lowest BCUT2D eigenvalue weighted by molar-refractivity contribution is -0.00498. The summed E-state index contributed by atoms with van der Waals surface area (Å²) >= 11 is 13.6. The van der Waals surface area contributed by atoms with E-state index >= 15 is 0 Å². The number of methoxy groups -OCH3 is 1. The first kappa shape index (κ1) is 26.6. The van der Waals surface area contributed by atoms with E-state index in [9.17, 15) is 9.59 Å². The van der Waals surface area contributed by atoms with Gasteiger partial charge in [-0.2, -0.15) is 0 Å². The molecule has 1 amide bonds. The summed E-state index contributed by atoms with van der Waals surface area (Å²) in [4.78, 5) is 34.1. The van der Waals surface area contributed by atoms with E-state index < -0.39 is 0 Å². The Kier molecular flexibility index (Phi) is 10.4. The molecule has 0 aromatic carbocycles. The van der Waals surface area contributed by atoms with E-state index in [0.29, 0.717) is 54.0 Å². The van der Waals surface area contributed by atoms with Gasteiger partial charge >= 0.3 is 0 Å². The zero-order valence-electron chi connectivity index (χ0n) is 18.4. The van der Waals surface area contributed by atoms with Crippen molar-refractivity contribution in [1.82, 2.24) is 15.3 Å². The lowest BCUT2D eigenvalue weighted by Crippen LogP contribution is -2.55. The van der Waals surface area contributed by atoms with E-state index in [1.807, 2.05) is 6.92 Å². The van der Waals surface area contributed by atoms with Gasteiger partial charge in [0.25, 0.3) is 5.91 Å². The lowest BCUT2D eigenvalue weighted by atomic mass is 10.0. The number of nitrogens with zero attached hydrogens (tertiary/aromatic N) is 2. The second kappa shape index (κ2) is 12.5. The highest BCUT2D eigenvalue weighted by Crippen LogP contribution is 2.30. The third-order valence-corrected chi connectivity index (χ3v) is 7.07. The fraction of sp³-hybridized carbons (Fsp3) is 0.550. The summed E-state index contributed by atoms with van der Waals surface area (Å²) in [5, 5.41) is 11.3. The van der Waals surface area contributed by atoms with Gasteiger partial charge < -0.3 is 29.8 Å². The number of amides is 1. The number of piperidine rings is 1. The number of hydrogen-bond acceptors (Lipinski definition) is 8. The highest BCUT2D eigenvalue weighted by molar-refractivity contribution is 7.17. The van der Waals surface area contributed by atoms with Crippen molar-refractivity contribution in [1.29, 1.82) is 0 Å². The molecule has 2 unspecified atom stereocenters. The number of aromatic amines is 1. The first-order valence-corrected chi connectivity index (χ1v) is 11.5. The van der Waals surface area contributed by atoms with Gasteiger partial charge in [0.15, 0.2) is 11.4 Å². The monoisotopic (exact) mass is 506 g/mol. The van der Waals surface area contributed by atoms with Crippen LogP contribution in [-0.2, 0) is 9.47 Å². The lowest BCUT2D eigenvalue weighted by Gasteiger charge is -2.38. The summed E-state index contributed by atoms with van der Waals surface area (Å²) in [6.07, 6.45) is 1.18. The number of hydrogen-bond donors (Lipinski definition) is 3. The number of H-pyrrole nitrogens is 1. The molecule has 0 radical (unpaired) electrons. The van der Waals surface area contributed by atoms with Gasteiger partial charge in [0.2, 0.25) is 0 Å². The average Bonchev–Trinajstić information content (AvgIpc) is 3.30. The first-order valence-electron chi connectivity index (χ1n) is 9.93. The van der Waals surface area contributed by atoms with E-state index in [-0.39, 0.29) is 28.8 Å². The van der Waals surface area contributed by atoms with Crippen molar-refractivity contribution in [2.45, 2.75) is 32.4 Å². The van der Waals surface area contributed by atoms with Crippen molar-refractivity contribution in [2.75, 3.05) is 45.4 Å². The number of nitrogens with one attached hydrogen (secondary N) is 2. The highest BCUT2D eigenvalue weighted by Gasteiger charge is 2.33. The van der Waals surface area contributed by atoms with Crippen LogP contribution < -0.4 is 10.2 Å². The van der Waals surface area contributed by atoms with E-state index in [1.165, 1.54) is 11.3 Å². The van der Waals surface area contributed by atoms with Crippen LogP contribution in [0.15, 0.2) is 0 Å². The summed E-state index contributed by atoms with van der Waals surface area (Å²) in [6, 6.07) is -0.226. The van der Waals surface area contributed by atoms with Gasteiger partial charge in [-0.05, 0) is 20.3 Å². The van der Waals surface area contributed by atoms with Crippen molar-refractivity contribution >= 4 is 51.9 Å². The van der Waals surface area contributed by atoms with Gasteiger partial charge in [0.05, 0.1) is 46.0 Å². The summed E-state index contributed by atoms with van der Waals surface area (Å²) in [5.41, 5.74) is 1.59. The van der Waals surface area contributed by atoms with Gasteiger partial charge in [0, 0.05) is 33.0 Å². The minimum absolute atomic E-state index is 0.209. The topological polar surface area (TPSA) is 117 Å². The van der Waals surface area contributed by atoms with Crippen LogP contribution in [0.3, 0.4) is 0 Å². The Morgan fingerprint density at radius 1 is 1.34 bits per heavy atom. The van der Waals surface area contributed by atoms with E-state index in [4.69, 9.17) is 37.8 Å². The first-order chi connectivity index (χ1) is 15.3. The fourth-order valence-corrected chi connectivity index (χ4v) is 4.65. The number of aliphatic hydroxyl groups is 1. The maximum atomic E-state index is 12.8. The molecule has 3 heterocycles. The van der Waals surface area contributed by atoms with Gasteiger partial charge in [0.1, 0.15) is 5.69 Å². The van der Waals surface area contributed by atoms with Gasteiger partial charge in [-0.25, -0.2) is 4.98 Å². The molecule has 2 aromatic heterocycles. The normalized spacial score (nSPS) is 18.2. The maximum Gasteiger partial charge on any atom is 0.269 e. The minimum atomic E-state index is -0.331. The largest absolute Gasteiger partial charge is 0.400 e. The molecule has 1 aliphatic rings. The number of halogens is 2. The Morgan fingerprint density at radius 2 is 2.06 bits per heavy atom. The predicted molar refractivity (Wildman–Crippen MR) is 126 cm³/mol. The zero-order chi connectivity index (χ0) is 23.8. The second-order valence-corrected chi connectivity index (χ2v) is 8.80. The molecule has 9 nitrogen and oxygen atoms in total. The molecule has 12 heteroatoms. The number of rotatable bonds is 8. The van der Waals surface area contributed by atoms with Gasteiger partial charge in [-0.3, -0.25) is 9.59 Å². The van der Waals surface area contributed by atoms with Crippen LogP contribution in [0.4, 0.5) is 5.13 Å². The van der Waals surface area contributed by atoms with E-state index in [1.54, 1.807) is 14.0 Å². The Balaban J connectivity index is 0.00000176. The van der Waals surface area contributed by atoms with Crippen LogP contribution in [0.25, 0.3) is 0 Å². The number of ether oxygens (including phenoxy) is 2. The summed E-state index contributed by atoms with van der Waals surface area (Å²) in [7, 11) is 2.61. The Hall–Kier alpha value is -1.69. The fourth-order valence-electron chi connectivity index (χ4n) is 3.31. The van der Waals surface area contributed by atoms with Crippen LogP contribution in [0.2, 0.25) is 10.0 Å². The number of aldehydes is 1.